The van der Waals surface area contributed by atoms with Crippen molar-refractivity contribution in [2.24, 2.45) is 11.3 Å². The zero-order valence-electron chi connectivity index (χ0n) is 28.4. The maximum absolute atomic E-state index is 13.4. The van der Waals surface area contributed by atoms with Gasteiger partial charge >= 0.3 is 11.9 Å². The minimum absolute atomic E-state index is 0.0626. The Labute approximate surface area is 297 Å². The van der Waals surface area contributed by atoms with Crippen molar-refractivity contribution in [3.8, 4) is 0 Å². The van der Waals surface area contributed by atoms with Crippen molar-refractivity contribution in [3.05, 3.63) is 47.7 Å². The Hall–Kier alpha value is -2.96. The molecule has 4 atom stereocenters. The summed E-state index contributed by atoms with van der Waals surface area (Å²) in [6, 6.07) is 7.60. The number of rotatable bonds is 13. The molecule has 1 fully saturated rings. The second kappa shape index (κ2) is 17.1. The minimum atomic E-state index is -1.74. The van der Waals surface area contributed by atoms with Gasteiger partial charge in [0.05, 0.1) is 17.3 Å². The van der Waals surface area contributed by atoms with Gasteiger partial charge in [-0.15, -0.1) is 0 Å². The van der Waals surface area contributed by atoms with E-state index in [0.717, 1.165) is 16.5 Å². The van der Waals surface area contributed by atoms with Crippen LogP contribution in [0.25, 0.3) is 17.0 Å². The van der Waals surface area contributed by atoms with E-state index in [-0.39, 0.29) is 29.1 Å². The van der Waals surface area contributed by atoms with Crippen molar-refractivity contribution in [1.29, 1.82) is 0 Å². The zero-order chi connectivity index (χ0) is 35.8. The highest BCUT2D eigenvalue weighted by Gasteiger charge is 2.34. The number of amides is 2. The van der Waals surface area contributed by atoms with E-state index < -0.39 is 40.6 Å². The van der Waals surface area contributed by atoms with E-state index in [1.54, 1.807) is 13.8 Å². The molecule has 0 unspecified atom stereocenters. The molecule has 0 radical (unpaired) electrons. The van der Waals surface area contributed by atoms with Crippen LogP contribution in [-0.4, -0.2) is 75.4 Å². The fourth-order valence-corrected chi connectivity index (χ4v) is 5.31. The number of carbonyl (C=O) groups excluding carboxylic acids is 4. The topological polar surface area (TPSA) is 139 Å². The van der Waals surface area contributed by atoms with Gasteiger partial charge < -0.3 is 20.1 Å². The van der Waals surface area contributed by atoms with Crippen molar-refractivity contribution in [3.63, 3.8) is 0 Å². The highest BCUT2D eigenvalue weighted by Crippen LogP contribution is 2.27. The summed E-state index contributed by atoms with van der Waals surface area (Å²) in [4.78, 5) is 55.0. The predicted molar refractivity (Wildman–Crippen MR) is 188 cm³/mol. The third kappa shape index (κ3) is 12.2. The van der Waals surface area contributed by atoms with Crippen LogP contribution in [0, 0.1) is 11.3 Å². The maximum Gasteiger partial charge on any atom is 0.325 e. The normalized spacial score (nSPS) is 17.6. The number of ether oxygens (including phenoxy) is 2. The number of carbonyl (C=O) groups is 4. The lowest BCUT2D eigenvalue weighted by atomic mass is 9.90. The van der Waals surface area contributed by atoms with E-state index in [1.165, 1.54) is 11.9 Å². The summed E-state index contributed by atoms with van der Waals surface area (Å²) in [6.45, 7) is 13.2. The molecule has 3 rings (SSSR count). The molecule has 0 spiro atoms. The summed E-state index contributed by atoms with van der Waals surface area (Å²) in [7, 11) is 0. The smallest absolute Gasteiger partial charge is 0.325 e. The van der Waals surface area contributed by atoms with Crippen LogP contribution < -0.4 is 16.1 Å². The molecule has 1 aliphatic rings. The Balaban J connectivity index is 1.58. The van der Waals surface area contributed by atoms with Crippen LogP contribution in [0.3, 0.4) is 0 Å². The molecule has 2 aromatic rings. The summed E-state index contributed by atoms with van der Waals surface area (Å²) in [6.07, 6.45) is 4.64. The number of benzene rings is 1. The van der Waals surface area contributed by atoms with Gasteiger partial charge in [-0.25, -0.2) is 10.4 Å². The van der Waals surface area contributed by atoms with E-state index in [4.69, 9.17) is 49.3 Å². The molecule has 1 saturated heterocycles. The predicted octanol–water partition coefficient (Wildman–Crippen LogP) is 5.43. The van der Waals surface area contributed by atoms with Crippen LogP contribution in [0.15, 0.2) is 36.4 Å². The van der Waals surface area contributed by atoms with E-state index >= 15 is 0 Å². The number of hydrogen-bond donors (Lipinski definition) is 3. The molecule has 264 valence electrons. The first kappa shape index (κ1) is 39.5. The second-order valence-electron chi connectivity index (χ2n) is 13.1. The summed E-state index contributed by atoms with van der Waals surface area (Å²) < 4.78 is 8.60. The van der Waals surface area contributed by atoms with Crippen LogP contribution in [-0.2, 0) is 28.7 Å². The van der Waals surface area contributed by atoms with Gasteiger partial charge in [0.1, 0.15) is 24.8 Å². The van der Waals surface area contributed by atoms with E-state index in [2.05, 4.69) is 36.0 Å². The molecule has 1 aromatic carbocycles. The Morgan fingerprint density at radius 3 is 2.44 bits per heavy atom. The monoisotopic (exact) mass is 725 g/mol. The number of hydrogen-bond acceptors (Lipinski definition) is 9. The molecule has 2 amide bonds. The van der Waals surface area contributed by atoms with Gasteiger partial charge in [0.15, 0.2) is 0 Å². The number of esters is 2. The highest BCUT2D eigenvalue weighted by molar-refractivity contribution is 6.67. The molecule has 0 bridgehead atoms. The van der Waals surface area contributed by atoms with Crippen LogP contribution in [0.4, 0.5) is 0 Å². The number of nitrogens with one attached hydrogen (secondary N) is 3. The molecule has 0 aliphatic carbocycles. The second-order valence-corrected chi connectivity index (χ2v) is 15.6. The minimum Gasteiger partial charge on any atom is -0.460 e. The first-order valence-corrected chi connectivity index (χ1v) is 17.1. The third-order valence-electron chi connectivity index (χ3n) is 7.79. The average molecular weight is 727 g/mol. The maximum atomic E-state index is 13.4. The van der Waals surface area contributed by atoms with E-state index in [9.17, 15) is 19.2 Å². The first-order valence-electron chi connectivity index (χ1n) is 16.0. The van der Waals surface area contributed by atoms with Crippen molar-refractivity contribution in [2.75, 3.05) is 19.7 Å². The molecule has 11 nitrogen and oxygen atoms in total. The number of pyridine rings is 1. The number of alkyl halides is 3. The SMILES string of the molecule is CC(=O)O[C@H](C)c1ccc2ccc(/C=C/C(C)(C)CN[C@H](C(=O)N[C@@H](C)C(=O)N3CCC[C@@H](C(=O)OCC(Cl)(Cl)Cl)N3)C(C)C)cc2n1. The fraction of sp³-hybridized carbons (Fsp3) is 0.559. The standard InChI is InChI=1S/C34H46Cl3N5O6/c1-20(2)29(30(44)39-21(3)31(45)42-16-8-9-27(41-42)32(46)47-19-34(35,36)37)38-18-33(6,7)15-14-24-10-11-25-12-13-26(40-28(25)17-24)22(4)48-23(5)43/h10-15,17,20-22,27,29,38,41H,8-9,16,18-19H2,1-7H3,(H,39,44)/b15-14+/t21-,22+,27-,29-/m0/s1. The Bertz CT molecular complexity index is 1500. The number of aromatic nitrogens is 1. The van der Waals surface area contributed by atoms with Gasteiger partial charge in [0.2, 0.25) is 9.70 Å². The summed E-state index contributed by atoms with van der Waals surface area (Å²) in [5, 5.41) is 8.51. The highest BCUT2D eigenvalue weighted by atomic mass is 35.6. The molecule has 14 heteroatoms. The van der Waals surface area contributed by atoms with Gasteiger partial charge in [-0.3, -0.25) is 24.2 Å². The van der Waals surface area contributed by atoms with Gasteiger partial charge in [-0.05, 0) is 55.7 Å². The molecular weight excluding hydrogens is 681 g/mol. The molecule has 1 aliphatic heterocycles. The molecule has 48 heavy (non-hydrogen) atoms. The van der Waals surface area contributed by atoms with Gasteiger partial charge in [-0.2, -0.15) is 0 Å². The fourth-order valence-electron chi connectivity index (χ4n) is 5.14. The molecular formula is C34H46Cl3N5O6. The quantitative estimate of drug-likeness (QED) is 0.182. The Morgan fingerprint density at radius 2 is 1.79 bits per heavy atom. The zero-order valence-corrected chi connectivity index (χ0v) is 30.7. The van der Waals surface area contributed by atoms with Gasteiger partial charge in [-0.1, -0.05) is 92.8 Å². The van der Waals surface area contributed by atoms with Crippen LogP contribution in [0.1, 0.15) is 78.7 Å². The summed E-state index contributed by atoms with van der Waals surface area (Å²) in [5.74, 6) is -1.74. The third-order valence-corrected chi connectivity index (χ3v) is 8.12. The first-order chi connectivity index (χ1) is 22.3. The van der Waals surface area contributed by atoms with Crippen LogP contribution >= 0.6 is 34.8 Å². The molecule has 3 N–H and O–H groups in total. The molecule has 2 heterocycles. The van der Waals surface area contributed by atoms with Crippen molar-refractivity contribution < 1.29 is 28.7 Å². The van der Waals surface area contributed by atoms with Gasteiger partial charge in [0.25, 0.3) is 5.91 Å². The number of fused-ring (bicyclic) bond motifs is 1. The van der Waals surface area contributed by atoms with Crippen LogP contribution in [0.2, 0.25) is 0 Å². The lowest BCUT2D eigenvalue weighted by Gasteiger charge is -2.35. The van der Waals surface area contributed by atoms with Crippen molar-refractivity contribution in [2.45, 2.75) is 89.3 Å². The summed E-state index contributed by atoms with van der Waals surface area (Å²) in [5.41, 5.74) is 4.96. The Morgan fingerprint density at radius 1 is 1.10 bits per heavy atom. The lowest BCUT2D eigenvalue weighted by molar-refractivity contribution is -0.153. The summed E-state index contributed by atoms with van der Waals surface area (Å²) >= 11 is 17.0. The molecule has 1 aromatic heterocycles. The van der Waals surface area contributed by atoms with E-state index in [1.807, 2.05) is 50.3 Å². The number of hydrazine groups is 1. The van der Waals surface area contributed by atoms with E-state index in [0.29, 0.717) is 31.6 Å². The number of halogens is 3. The van der Waals surface area contributed by atoms with Crippen LogP contribution in [0.5, 0.6) is 0 Å². The number of nitrogens with zero attached hydrogens (tertiary/aromatic N) is 2. The average Bonchev–Trinajstić information content (AvgIpc) is 3.01. The lowest BCUT2D eigenvalue weighted by Crippen LogP contribution is -2.61. The Kier molecular flexibility index (Phi) is 14.1. The molecule has 0 saturated carbocycles. The van der Waals surface area contributed by atoms with Gasteiger partial charge in [0, 0.05) is 25.4 Å². The van der Waals surface area contributed by atoms with Crippen molar-refractivity contribution >= 4 is 75.5 Å². The van der Waals surface area contributed by atoms with Crippen molar-refractivity contribution in [1.82, 2.24) is 26.1 Å². The largest absolute Gasteiger partial charge is 0.460 e.